The van der Waals surface area contributed by atoms with Gasteiger partial charge in [0.2, 0.25) is 0 Å². The number of aromatic nitrogens is 6. The molecular weight excluding hydrogens is 252 g/mol. The van der Waals surface area contributed by atoms with Crippen LogP contribution >= 0.6 is 0 Å². The van der Waals surface area contributed by atoms with Gasteiger partial charge in [0.15, 0.2) is 11.3 Å². The van der Waals surface area contributed by atoms with E-state index in [2.05, 4.69) is 38.5 Å². The van der Waals surface area contributed by atoms with Gasteiger partial charge in [-0.25, -0.2) is 14.5 Å². The first kappa shape index (κ1) is 11.1. The van der Waals surface area contributed by atoms with Gasteiger partial charge in [-0.2, -0.15) is 5.10 Å². The molecule has 6 heteroatoms. The molecule has 0 spiro atoms. The summed E-state index contributed by atoms with van der Waals surface area (Å²) in [5.41, 5.74) is 5.01. The number of hydrogen-bond donors (Lipinski definition) is 0. The summed E-state index contributed by atoms with van der Waals surface area (Å²) in [5.74, 6) is 0. The molecule has 0 amide bonds. The van der Waals surface area contributed by atoms with Crippen LogP contribution < -0.4 is 0 Å². The Morgan fingerprint density at radius 2 is 2.00 bits per heavy atom. The monoisotopic (exact) mass is 264 g/mol. The van der Waals surface area contributed by atoms with E-state index in [0.29, 0.717) is 0 Å². The van der Waals surface area contributed by atoms with Crippen LogP contribution in [0.15, 0.2) is 37.2 Å². The van der Waals surface area contributed by atoms with Crippen molar-refractivity contribution in [3.8, 4) is 5.69 Å². The number of fused-ring (bicyclic) bond motifs is 3. The quantitative estimate of drug-likeness (QED) is 0.528. The van der Waals surface area contributed by atoms with E-state index >= 15 is 0 Å². The molecule has 4 heterocycles. The fraction of sp³-hybridized carbons (Fsp3) is 0.143. The van der Waals surface area contributed by atoms with E-state index in [4.69, 9.17) is 0 Å². The summed E-state index contributed by atoms with van der Waals surface area (Å²) in [4.78, 5) is 13.1. The second-order valence-electron chi connectivity index (χ2n) is 4.73. The maximum Gasteiger partial charge on any atom is 0.168 e. The van der Waals surface area contributed by atoms with Crippen molar-refractivity contribution in [2.75, 3.05) is 0 Å². The van der Waals surface area contributed by atoms with Crippen molar-refractivity contribution < 1.29 is 0 Å². The lowest BCUT2D eigenvalue weighted by molar-refractivity contribution is 0.922. The van der Waals surface area contributed by atoms with Gasteiger partial charge < -0.3 is 0 Å². The van der Waals surface area contributed by atoms with Crippen LogP contribution in [0.25, 0.3) is 22.4 Å². The van der Waals surface area contributed by atoms with E-state index < -0.39 is 0 Å². The van der Waals surface area contributed by atoms with E-state index in [1.54, 1.807) is 23.4 Å². The minimum absolute atomic E-state index is 0.832. The molecule has 0 atom stereocenters. The Bertz CT molecular complexity index is 919. The average Bonchev–Trinajstić information content (AvgIpc) is 3.04. The zero-order chi connectivity index (χ0) is 13.7. The first-order valence-electron chi connectivity index (χ1n) is 6.33. The summed E-state index contributed by atoms with van der Waals surface area (Å²) in [5, 5.41) is 5.18. The molecule has 4 aromatic heterocycles. The van der Waals surface area contributed by atoms with Crippen molar-refractivity contribution in [1.29, 1.82) is 0 Å². The van der Waals surface area contributed by atoms with Crippen molar-refractivity contribution in [3.05, 3.63) is 48.4 Å². The standard InChI is InChI=1S/C14H12N6/c1-9-10(2)20(11-4-3-5-15-6-11)14-12(9)13-16-7-18-19(13)8-17-14/h3-8H,1-2H3. The van der Waals surface area contributed by atoms with Crippen molar-refractivity contribution in [3.63, 3.8) is 0 Å². The number of pyridine rings is 1. The van der Waals surface area contributed by atoms with Crippen LogP contribution in [-0.4, -0.2) is 29.1 Å². The van der Waals surface area contributed by atoms with Gasteiger partial charge >= 0.3 is 0 Å². The zero-order valence-electron chi connectivity index (χ0n) is 11.1. The Morgan fingerprint density at radius 3 is 2.80 bits per heavy atom. The maximum absolute atomic E-state index is 4.54. The topological polar surface area (TPSA) is 60.9 Å². The largest absolute Gasteiger partial charge is 0.297 e. The molecule has 0 aliphatic heterocycles. The van der Waals surface area contributed by atoms with Gasteiger partial charge in [0.1, 0.15) is 12.7 Å². The van der Waals surface area contributed by atoms with E-state index in [-0.39, 0.29) is 0 Å². The van der Waals surface area contributed by atoms with Crippen LogP contribution in [0.1, 0.15) is 11.3 Å². The van der Waals surface area contributed by atoms with E-state index in [1.807, 2.05) is 18.3 Å². The highest BCUT2D eigenvalue weighted by molar-refractivity contribution is 5.94. The van der Waals surface area contributed by atoms with Gasteiger partial charge in [-0.05, 0) is 31.5 Å². The van der Waals surface area contributed by atoms with Gasteiger partial charge in [-0.3, -0.25) is 9.55 Å². The molecule has 6 nitrogen and oxygen atoms in total. The molecule has 4 aromatic rings. The third-order valence-electron chi connectivity index (χ3n) is 3.68. The fourth-order valence-corrected chi connectivity index (χ4v) is 2.60. The third-order valence-corrected chi connectivity index (χ3v) is 3.68. The molecule has 0 radical (unpaired) electrons. The van der Waals surface area contributed by atoms with Gasteiger partial charge in [0, 0.05) is 11.9 Å². The van der Waals surface area contributed by atoms with Crippen molar-refractivity contribution in [2.45, 2.75) is 13.8 Å². The third kappa shape index (κ3) is 1.33. The second kappa shape index (κ2) is 3.86. The van der Waals surface area contributed by atoms with Crippen LogP contribution in [-0.2, 0) is 0 Å². The van der Waals surface area contributed by atoms with Gasteiger partial charge in [-0.15, -0.1) is 0 Å². The molecule has 0 aromatic carbocycles. The molecule has 20 heavy (non-hydrogen) atoms. The highest BCUT2D eigenvalue weighted by Crippen LogP contribution is 2.28. The minimum Gasteiger partial charge on any atom is -0.297 e. The Hall–Kier alpha value is -2.76. The van der Waals surface area contributed by atoms with Crippen LogP contribution in [0.5, 0.6) is 0 Å². The lowest BCUT2D eigenvalue weighted by atomic mass is 10.2. The van der Waals surface area contributed by atoms with Gasteiger partial charge in [0.05, 0.1) is 17.3 Å². The smallest absolute Gasteiger partial charge is 0.168 e. The summed E-state index contributed by atoms with van der Waals surface area (Å²) < 4.78 is 3.80. The molecule has 0 aliphatic carbocycles. The highest BCUT2D eigenvalue weighted by Gasteiger charge is 2.17. The highest BCUT2D eigenvalue weighted by atomic mass is 15.3. The maximum atomic E-state index is 4.54. The summed E-state index contributed by atoms with van der Waals surface area (Å²) in [6.07, 6.45) is 6.84. The average molecular weight is 264 g/mol. The predicted molar refractivity (Wildman–Crippen MR) is 74.9 cm³/mol. The lowest BCUT2D eigenvalue weighted by Gasteiger charge is -2.06. The molecule has 4 rings (SSSR count). The first-order chi connectivity index (χ1) is 9.77. The number of hydrogen-bond acceptors (Lipinski definition) is 4. The number of aryl methyl sites for hydroxylation is 1. The predicted octanol–water partition coefficient (Wildman–Crippen LogP) is 2.08. The van der Waals surface area contributed by atoms with Crippen molar-refractivity contribution >= 4 is 16.7 Å². The lowest BCUT2D eigenvalue weighted by Crippen LogP contribution is -1.99. The van der Waals surface area contributed by atoms with Crippen LogP contribution in [0, 0.1) is 13.8 Å². The van der Waals surface area contributed by atoms with Crippen molar-refractivity contribution in [1.82, 2.24) is 29.1 Å². The molecule has 0 aliphatic rings. The summed E-state index contributed by atoms with van der Waals surface area (Å²) in [6.45, 7) is 4.16. The molecule has 0 saturated carbocycles. The normalized spacial score (nSPS) is 11.5. The van der Waals surface area contributed by atoms with E-state index in [0.717, 1.165) is 33.6 Å². The van der Waals surface area contributed by atoms with Crippen LogP contribution in [0.4, 0.5) is 0 Å². The van der Waals surface area contributed by atoms with E-state index in [9.17, 15) is 0 Å². The van der Waals surface area contributed by atoms with Gasteiger partial charge in [-0.1, -0.05) is 0 Å². The first-order valence-corrected chi connectivity index (χ1v) is 6.33. The Kier molecular flexibility index (Phi) is 2.14. The molecule has 0 fully saturated rings. The molecule has 98 valence electrons. The molecule has 0 N–H and O–H groups in total. The SMILES string of the molecule is Cc1c(C)n(-c2cccnc2)c2ncn3ncnc3c12. The molecule has 0 bridgehead atoms. The summed E-state index contributed by atoms with van der Waals surface area (Å²) >= 11 is 0. The number of nitrogens with zero attached hydrogens (tertiary/aromatic N) is 6. The summed E-state index contributed by atoms with van der Waals surface area (Å²) in [6, 6.07) is 3.94. The van der Waals surface area contributed by atoms with Gasteiger partial charge in [0.25, 0.3) is 0 Å². The summed E-state index contributed by atoms with van der Waals surface area (Å²) in [7, 11) is 0. The fourth-order valence-electron chi connectivity index (χ4n) is 2.60. The minimum atomic E-state index is 0.832. The van der Waals surface area contributed by atoms with Crippen molar-refractivity contribution in [2.24, 2.45) is 0 Å². The Balaban J connectivity index is 2.20. The molecule has 0 unspecified atom stereocenters. The molecule has 0 saturated heterocycles. The zero-order valence-corrected chi connectivity index (χ0v) is 11.1. The second-order valence-corrected chi connectivity index (χ2v) is 4.73. The molecular formula is C14H12N6. The van der Waals surface area contributed by atoms with Crippen LogP contribution in [0.3, 0.4) is 0 Å². The van der Waals surface area contributed by atoms with E-state index in [1.165, 1.54) is 0 Å². The number of rotatable bonds is 1. The van der Waals surface area contributed by atoms with Crippen LogP contribution in [0.2, 0.25) is 0 Å². The Morgan fingerprint density at radius 1 is 1.10 bits per heavy atom. The Labute approximate surface area is 114 Å².